The average Bonchev–Trinajstić information content (AvgIpc) is 2.78. The lowest BCUT2D eigenvalue weighted by molar-refractivity contribution is -0.146. The van der Waals surface area contributed by atoms with Crippen LogP contribution in [0.1, 0.15) is 28.8 Å². The highest BCUT2D eigenvalue weighted by Gasteiger charge is 2.29. The second-order valence-electron chi connectivity index (χ2n) is 7.38. The molecule has 1 fully saturated rings. The van der Waals surface area contributed by atoms with Crippen molar-refractivity contribution in [1.82, 2.24) is 4.90 Å². The molecule has 0 atom stereocenters. The number of rotatable bonds is 5. The summed E-state index contributed by atoms with van der Waals surface area (Å²) in [6, 6.07) is 13.2. The molecule has 1 amide bonds. The van der Waals surface area contributed by atoms with Crippen molar-refractivity contribution in [2.75, 3.05) is 31.6 Å². The van der Waals surface area contributed by atoms with Crippen molar-refractivity contribution in [2.45, 2.75) is 24.7 Å². The minimum Gasteiger partial charge on any atom is -0.469 e. The Kier molecular flexibility index (Phi) is 6.45. The summed E-state index contributed by atoms with van der Waals surface area (Å²) in [6.07, 6.45) is 1.15. The number of anilines is 1. The van der Waals surface area contributed by atoms with Crippen LogP contribution in [0.2, 0.25) is 0 Å². The van der Waals surface area contributed by atoms with E-state index in [1.165, 1.54) is 18.5 Å². The van der Waals surface area contributed by atoms with Crippen molar-refractivity contribution in [3.8, 4) is 0 Å². The number of esters is 1. The Morgan fingerprint density at radius 2 is 1.70 bits per heavy atom. The van der Waals surface area contributed by atoms with Gasteiger partial charge in [-0.3, -0.25) is 13.9 Å². The van der Waals surface area contributed by atoms with Crippen LogP contribution < -0.4 is 4.31 Å². The largest absolute Gasteiger partial charge is 0.469 e. The number of amides is 1. The molecular formula is C22H26N2O5S. The first-order chi connectivity index (χ1) is 14.3. The van der Waals surface area contributed by atoms with Crippen LogP contribution in [0.15, 0.2) is 53.4 Å². The van der Waals surface area contributed by atoms with Gasteiger partial charge in [-0.1, -0.05) is 18.2 Å². The maximum absolute atomic E-state index is 12.9. The minimum absolute atomic E-state index is 0.124. The zero-order valence-corrected chi connectivity index (χ0v) is 18.2. The smallest absolute Gasteiger partial charge is 0.308 e. The molecule has 1 heterocycles. The van der Waals surface area contributed by atoms with Crippen molar-refractivity contribution < 1.29 is 22.7 Å². The molecule has 0 aliphatic carbocycles. The zero-order chi connectivity index (χ0) is 21.9. The summed E-state index contributed by atoms with van der Waals surface area (Å²) in [6.45, 7) is 2.76. The Morgan fingerprint density at radius 3 is 2.27 bits per heavy atom. The number of carbonyl (C=O) groups excluding carboxylic acids is 2. The summed E-state index contributed by atoms with van der Waals surface area (Å²) in [4.78, 5) is 26.5. The number of methoxy groups -OCH3 is 1. The maximum Gasteiger partial charge on any atom is 0.308 e. The number of nitrogens with zero attached hydrogens (tertiary/aromatic N) is 2. The van der Waals surface area contributed by atoms with Gasteiger partial charge in [0.15, 0.2) is 0 Å². The SMILES string of the molecule is COC(=O)C1CCN(C(=O)c2ccc(N(C)S(=O)(=O)c3ccccc3)c(C)c2)CC1. The van der Waals surface area contributed by atoms with E-state index < -0.39 is 10.0 Å². The van der Waals surface area contributed by atoms with Gasteiger partial charge in [0.25, 0.3) is 15.9 Å². The molecule has 1 saturated heterocycles. The van der Waals surface area contributed by atoms with E-state index in [9.17, 15) is 18.0 Å². The lowest BCUT2D eigenvalue weighted by Gasteiger charge is -2.31. The molecular weight excluding hydrogens is 404 g/mol. The summed E-state index contributed by atoms with van der Waals surface area (Å²) < 4.78 is 31.8. The second-order valence-corrected chi connectivity index (χ2v) is 9.35. The topological polar surface area (TPSA) is 84.0 Å². The van der Waals surface area contributed by atoms with Crippen molar-refractivity contribution in [2.24, 2.45) is 5.92 Å². The minimum atomic E-state index is -3.69. The highest BCUT2D eigenvalue weighted by molar-refractivity contribution is 7.92. The molecule has 1 aliphatic rings. The molecule has 8 heteroatoms. The second kappa shape index (κ2) is 8.87. The van der Waals surface area contributed by atoms with Crippen LogP contribution in [0.4, 0.5) is 5.69 Å². The van der Waals surface area contributed by atoms with Gasteiger partial charge in [0.1, 0.15) is 0 Å². The lowest BCUT2D eigenvalue weighted by atomic mass is 9.96. The molecule has 0 spiro atoms. The number of likely N-dealkylation sites (tertiary alicyclic amines) is 1. The first kappa shape index (κ1) is 21.8. The van der Waals surface area contributed by atoms with E-state index >= 15 is 0 Å². The molecule has 7 nitrogen and oxygen atoms in total. The standard InChI is InChI=1S/C22H26N2O5S/c1-16-15-18(21(25)24-13-11-17(12-14-24)22(26)29-3)9-10-20(16)23(2)30(27,28)19-7-5-4-6-8-19/h4-10,15,17H,11-14H2,1-3H3. The third kappa shape index (κ3) is 4.33. The van der Waals surface area contributed by atoms with Crippen LogP contribution in [-0.2, 0) is 19.6 Å². The van der Waals surface area contributed by atoms with Crippen molar-refractivity contribution >= 4 is 27.6 Å². The molecule has 2 aromatic carbocycles. The molecule has 30 heavy (non-hydrogen) atoms. The molecule has 0 unspecified atom stereocenters. The van der Waals surface area contributed by atoms with Gasteiger partial charge < -0.3 is 9.64 Å². The monoisotopic (exact) mass is 430 g/mol. The fourth-order valence-corrected chi connectivity index (χ4v) is 4.97. The first-order valence-electron chi connectivity index (χ1n) is 9.77. The third-order valence-electron chi connectivity index (χ3n) is 5.50. The normalized spacial score (nSPS) is 15.0. The fourth-order valence-electron chi connectivity index (χ4n) is 3.69. The highest BCUT2D eigenvalue weighted by Crippen LogP contribution is 2.27. The molecule has 0 radical (unpaired) electrons. The molecule has 2 aromatic rings. The van der Waals surface area contributed by atoms with E-state index in [1.54, 1.807) is 60.4 Å². The molecule has 160 valence electrons. The number of benzene rings is 2. The summed E-state index contributed by atoms with van der Waals surface area (Å²) in [5.74, 6) is -0.522. The Balaban J connectivity index is 1.75. The molecule has 1 aliphatic heterocycles. The number of aryl methyl sites for hydroxylation is 1. The zero-order valence-electron chi connectivity index (χ0n) is 17.4. The van der Waals surface area contributed by atoms with Gasteiger partial charge in [-0.15, -0.1) is 0 Å². The Labute approximate surface area is 177 Å². The van der Waals surface area contributed by atoms with Gasteiger partial charge in [-0.2, -0.15) is 0 Å². The lowest BCUT2D eigenvalue weighted by Crippen LogP contribution is -2.40. The quantitative estimate of drug-likeness (QED) is 0.681. The summed E-state index contributed by atoms with van der Waals surface area (Å²) in [5.41, 5.74) is 1.70. The molecule has 0 N–H and O–H groups in total. The predicted molar refractivity (Wildman–Crippen MR) is 114 cm³/mol. The van der Waals surface area contributed by atoms with Crippen LogP contribution >= 0.6 is 0 Å². The number of carbonyl (C=O) groups is 2. The van der Waals surface area contributed by atoms with Gasteiger partial charge in [0.2, 0.25) is 0 Å². The van der Waals surface area contributed by atoms with E-state index in [1.807, 2.05) is 0 Å². The number of piperidine rings is 1. The number of sulfonamides is 1. The van der Waals surface area contributed by atoms with E-state index in [-0.39, 0.29) is 22.7 Å². The fraction of sp³-hybridized carbons (Fsp3) is 0.364. The van der Waals surface area contributed by atoms with Gasteiger partial charge in [0, 0.05) is 25.7 Å². The number of hydrogen-bond donors (Lipinski definition) is 0. The Hall–Kier alpha value is -2.87. The molecule has 0 saturated carbocycles. The summed E-state index contributed by atoms with van der Waals surface area (Å²) >= 11 is 0. The van der Waals surface area contributed by atoms with Gasteiger partial charge >= 0.3 is 5.97 Å². The molecule has 0 aromatic heterocycles. The maximum atomic E-state index is 12.9. The third-order valence-corrected chi connectivity index (χ3v) is 7.29. The van der Waals surface area contributed by atoms with Crippen LogP contribution in [-0.4, -0.2) is 52.4 Å². The van der Waals surface area contributed by atoms with Crippen molar-refractivity contribution in [3.63, 3.8) is 0 Å². The number of ether oxygens (including phenoxy) is 1. The summed E-state index contributed by atoms with van der Waals surface area (Å²) in [5, 5.41) is 0. The van der Waals surface area contributed by atoms with Crippen molar-refractivity contribution in [3.05, 3.63) is 59.7 Å². The van der Waals surface area contributed by atoms with Crippen molar-refractivity contribution in [1.29, 1.82) is 0 Å². The van der Waals surface area contributed by atoms with Crippen LogP contribution in [0.5, 0.6) is 0 Å². The average molecular weight is 431 g/mol. The highest BCUT2D eigenvalue weighted by atomic mass is 32.2. The Bertz CT molecular complexity index is 1030. The summed E-state index contributed by atoms with van der Waals surface area (Å²) in [7, 11) is -0.813. The molecule has 3 rings (SSSR count). The molecule has 0 bridgehead atoms. The van der Waals surface area contributed by atoms with E-state index in [0.717, 1.165) is 0 Å². The van der Waals surface area contributed by atoms with Gasteiger partial charge in [-0.05, 0) is 55.7 Å². The van der Waals surface area contributed by atoms with E-state index in [0.29, 0.717) is 42.7 Å². The van der Waals surface area contributed by atoms with Gasteiger partial charge in [0.05, 0.1) is 23.6 Å². The van der Waals surface area contributed by atoms with Crippen LogP contribution in [0.3, 0.4) is 0 Å². The first-order valence-corrected chi connectivity index (χ1v) is 11.2. The van der Waals surface area contributed by atoms with Gasteiger partial charge in [-0.25, -0.2) is 8.42 Å². The van der Waals surface area contributed by atoms with Crippen LogP contribution in [0, 0.1) is 12.8 Å². The van der Waals surface area contributed by atoms with E-state index in [2.05, 4.69) is 0 Å². The number of hydrogen-bond acceptors (Lipinski definition) is 5. The van der Waals surface area contributed by atoms with E-state index in [4.69, 9.17) is 4.74 Å². The Morgan fingerprint density at radius 1 is 1.07 bits per heavy atom. The predicted octanol–water partition coefficient (Wildman–Crippen LogP) is 2.85. The van der Waals surface area contributed by atoms with Crippen LogP contribution in [0.25, 0.3) is 0 Å².